The van der Waals surface area contributed by atoms with Gasteiger partial charge in [0, 0.05) is 26.6 Å². The Kier molecular flexibility index (Phi) is 5.64. The monoisotopic (exact) mass is 268 g/mol. The second kappa shape index (κ2) is 7.25. The highest BCUT2D eigenvalue weighted by Crippen LogP contribution is 2.30. The lowest BCUT2D eigenvalue weighted by atomic mass is 9.80. The Morgan fingerprint density at radius 3 is 2.21 bits per heavy atom. The van der Waals surface area contributed by atoms with Crippen LogP contribution in [0.4, 0.5) is 0 Å². The number of rotatable bonds is 4. The van der Waals surface area contributed by atoms with Gasteiger partial charge in [0.2, 0.25) is 5.91 Å². The van der Waals surface area contributed by atoms with Crippen molar-refractivity contribution in [1.82, 2.24) is 4.90 Å². The van der Waals surface area contributed by atoms with Crippen molar-refractivity contribution in [2.75, 3.05) is 26.7 Å². The number of piperidine rings is 1. The third-order valence-corrected chi connectivity index (χ3v) is 4.89. The van der Waals surface area contributed by atoms with E-state index in [1.807, 2.05) is 4.90 Å². The summed E-state index contributed by atoms with van der Waals surface area (Å²) < 4.78 is 5.34. The van der Waals surface area contributed by atoms with E-state index in [9.17, 15) is 4.79 Å². The summed E-state index contributed by atoms with van der Waals surface area (Å²) >= 11 is 0. The maximum absolute atomic E-state index is 12.3. The van der Waals surface area contributed by atoms with Gasteiger partial charge in [0.1, 0.15) is 0 Å². The number of amides is 1. The van der Waals surface area contributed by atoms with Crippen LogP contribution in [0.25, 0.3) is 0 Å². The number of hydrogen-bond acceptors (Lipinski definition) is 3. The molecule has 0 spiro atoms. The molecule has 1 saturated heterocycles. The number of nitrogens with zero attached hydrogens (tertiary/aromatic N) is 1. The first kappa shape index (κ1) is 14.8. The largest absolute Gasteiger partial charge is 0.381 e. The Bertz CT molecular complexity index is 280. The lowest BCUT2D eigenvalue weighted by Gasteiger charge is -2.33. The highest BCUT2D eigenvalue weighted by molar-refractivity contribution is 5.76. The van der Waals surface area contributed by atoms with Gasteiger partial charge in [-0.2, -0.15) is 0 Å². The Balaban J connectivity index is 1.70. The Morgan fingerprint density at radius 2 is 1.68 bits per heavy atom. The van der Waals surface area contributed by atoms with Gasteiger partial charge in [0.05, 0.1) is 6.10 Å². The van der Waals surface area contributed by atoms with Crippen LogP contribution in [-0.2, 0) is 9.53 Å². The number of methoxy groups -OCH3 is 1. The van der Waals surface area contributed by atoms with Crippen LogP contribution in [0.5, 0.6) is 0 Å². The molecule has 2 aliphatic rings. The van der Waals surface area contributed by atoms with E-state index in [0.29, 0.717) is 23.8 Å². The van der Waals surface area contributed by atoms with Crippen LogP contribution in [-0.4, -0.2) is 43.7 Å². The lowest BCUT2D eigenvalue weighted by molar-refractivity contribution is -0.134. The van der Waals surface area contributed by atoms with Crippen molar-refractivity contribution in [3.63, 3.8) is 0 Å². The summed E-state index contributed by atoms with van der Waals surface area (Å²) in [7, 11) is 1.76. The molecule has 1 amide bonds. The van der Waals surface area contributed by atoms with E-state index < -0.39 is 0 Å². The summed E-state index contributed by atoms with van der Waals surface area (Å²) in [5, 5.41) is 0. The smallest absolute Gasteiger partial charge is 0.222 e. The molecule has 4 nitrogen and oxygen atoms in total. The summed E-state index contributed by atoms with van der Waals surface area (Å²) in [6, 6.07) is 0. The zero-order valence-corrected chi connectivity index (χ0v) is 12.1. The van der Waals surface area contributed by atoms with Gasteiger partial charge in [-0.3, -0.25) is 4.79 Å². The van der Waals surface area contributed by atoms with Crippen LogP contribution in [0.2, 0.25) is 0 Å². The maximum atomic E-state index is 12.3. The van der Waals surface area contributed by atoms with Crippen molar-refractivity contribution >= 4 is 5.91 Å². The van der Waals surface area contributed by atoms with Gasteiger partial charge in [0.15, 0.2) is 0 Å². The molecule has 2 N–H and O–H groups in total. The summed E-state index contributed by atoms with van der Waals surface area (Å²) in [4.78, 5) is 14.3. The molecule has 0 radical (unpaired) electrons. The standard InChI is InChI=1S/C15H28N2O2/c1-19-14-6-8-17(9-7-14)15(18)10-12-2-4-13(11-16)5-3-12/h12-14H,2-11,16H2,1H3. The second-order valence-electron chi connectivity index (χ2n) is 6.14. The minimum absolute atomic E-state index is 0.351. The highest BCUT2D eigenvalue weighted by atomic mass is 16.5. The topological polar surface area (TPSA) is 55.6 Å². The zero-order chi connectivity index (χ0) is 13.7. The Labute approximate surface area is 116 Å². The van der Waals surface area contributed by atoms with E-state index in [2.05, 4.69) is 0 Å². The number of carbonyl (C=O) groups excluding carboxylic acids is 1. The fourth-order valence-electron chi connectivity index (χ4n) is 3.39. The van der Waals surface area contributed by atoms with Gasteiger partial charge < -0.3 is 15.4 Å². The molecule has 1 aliphatic heterocycles. The van der Waals surface area contributed by atoms with Crippen molar-refractivity contribution in [3.05, 3.63) is 0 Å². The van der Waals surface area contributed by atoms with Crippen LogP contribution in [0.15, 0.2) is 0 Å². The molecule has 0 aromatic carbocycles. The molecule has 2 rings (SSSR count). The van der Waals surface area contributed by atoms with E-state index in [0.717, 1.165) is 38.9 Å². The first-order valence-corrected chi connectivity index (χ1v) is 7.73. The van der Waals surface area contributed by atoms with E-state index in [1.54, 1.807) is 7.11 Å². The van der Waals surface area contributed by atoms with Crippen molar-refractivity contribution < 1.29 is 9.53 Å². The van der Waals surface area contributed by atoms with Gasteiger partial charge in [-0.05, 0) is 56.9 Å². The molecular weight excluding hydrogens is 240 g/mol. The summed E-state index contributed by atoms with van der Waals surface area (Å²) in [6.45, 7) is 2.55. The lowest BCUT2D eigenvalue weighted by Crippen LogP contribution is -2.41. The van der Waals surface area contributed by atoms with E-state index in [1.165, 1.54) is 25.7 Å². The highest BCUT2D eigenvalue weighted by Gasteiger charge is 2.26. The maximum Gasteiger partial charge on any atom is 0.222 e. The van der Waals surface area contributed by atoms with Crippen LogP contribution >= 0.6 is 0 Å². The molecular formula is C15H28N2O2. The molecule has 0 aromatic rings. The Morgan fingerprint density at radius 1 is 1.11 bits per heavy atom. The normalized spacial score (nSPS) is 29.5. The van der Waals surface area contributed by atoms with Gasteiger partial charge in [0.25, 0.3) is 0 Å². The molecule has 2 fully saturated rings. The number of nitrogens with two attached hydrogens (primary N) is 1. The second-order valence-corrected chi connectivity index (χ2v) is 6.14. The Hall–Kier alpha value is -0.610. The predicted molar refractivity (Wildman–Crippen MR) is 75.7 cm³/mol. The van der Waals surface area contributed by atoms with E-state index in [-0.39, 0.29) is 0 Å². The summed E-state index contributed by atoms with van der Waals surface area (Å²) in [5.74, 6) is 1.64. The first-order chi connectivity index (χ1) is 9.22. The minimum atomic E-state index is 0.351. The summed E-state index contributed by atoms with van der Waals surface area (Å²) in [6.07, 6.45) is 7.85. The van der Waals surface area contributed by atoms with E-state index in [4.69, 9.17) is 10.5 Å². The third kappa shape index (κ3) is 4.18. The quantitative estimate of drug-likeness (QED) is 0.845. The van der Waals surface area contributed by atoms with Crippen molar-refractivity contribution in [2.45, 2.75) is 51.0 Å². The van der Waals surface area contributed by atoms with Crippen LogP contribution in [0.3, 0.4) is 0 Å². The van der Waals surface area contributed by atoms with Crippen LogP contribution in [0.1, 0.15) is 44.9 Å². The minimum Gasteiger partial charge on any atom is -0.381 e. The average Bonchev–Trinajstić information content (AvgIpc) is 2.48. The molecule has 1 heterocycles. The molecule has 19 heavy (non-hydrogen) atoms. The van der Waals surface area contributed by atoms with Gasteiger partial charge in [-0.1, -0.05) is 0 Å². The SMILES string of the molecule is COC1CCN(C(=O)CC2CCC(CN)CC2)CC1. The number of likely N-dealkylation sites (tertiary alicyclic amines) is 1. The third-order valence-electron chi connectivity index (χ3n) is 4.89. The molecule has 110 valence electrons. The first-order valence-electron chi connectivity index (χ1n) is 7.73. The zero-order valence-electron chi connectivity index (χ0n) is 12.1. The van der Waals surface area contributed by atoms with Crippen LogP contribution in [0, 0.1) is 11.8 Å². The molecule has 4 heteroatoms. The van der Waals surface area contributed by atoms with Gasteiger partial charge in [-0.25, -0.2) is 0 Å². The van der Waals surface area contributed by atoms with E-state index >= 15 is 0 Å². The summed E-state index contributed by atoms with van der Waals surface area (Å²) in [5.41, 5.74) is 5.71. The molecule has 0 unspecified atom stereocenters. The molecule has 0 bridgehead atoms. The van der Waals surface area contributed by atoms with Gasteiger partial charge in [-0.15, -0.1) is 0 Å². The molecule has 0 atom stereocenters. The van der Waals surface area contributed by atoms with Crippen molar-refractivity contribution in [1.29, 1.82) is 0 Å². The number of hydrogen-bond donors (Lipinski definition) is 1. The van der Waals surface area contributed by atoms with Gasteiger partial charge >= 0.3 is 0 Å². The number of ether oxygens (including phenoxy) is 1. The fraction of sp³-hybridized carbons (Fsp3) is 0.933. The molecule has 1 saturated carbocycles. The number of carbonyl (C=O) groups is 1. The average molecular weight is 268 g/mol. The molecule has 1 aliphatic carbocycles. The predicted octanol–water partition coefficient (Wildman–Crippen LogP) is 1.78. The van der Waals surface area contributed by atoms with Crippen molar-refractivity contribution in [3.8, 4) is 0 Å². The van der Waals surface area contributed by atoms with Crippen molar-refractivity contribution in [2.24, 2.45) is 17.6 Å². The van der Waals surface area contributed by atoms with Crippen LogP contribution < -0.4 is 5.73 Å². The fourth-order valence-corrected chi connectivity index (χ4v) is 3.39. The molecule has 0 aromatic heterocycles.